The highest BCUT2D eigenvalue weighted by Crippen LogP contribution is 2.16. The molecule has 1 fully saturated rings. The van der Waals surface area contributed by atoms with E-state index >= 15 is 0 Å². The first-order chi connectivity index (χ1) is 9.41. The summed E-state index contributed by atoms with van der Waals surface area (Å²) in [7, 11) is -1.26. The van der Waals surface area contributed by atoms with Gasteiger partial charge in [0.2, 0.25) is 5.91 Å². The van der Waals surface area contributed by atoms with Crippen molar-refractivity contribution in [2.75, 3.05) is 30.4 Å². The Morgan fingerprint density at radius 3 is 3.05 bits per heavy atom. The topological polar surface area (TPSA) is 119 Å². The van der Waals surface area contributed by atoms with Gasteiger partial charge < -0.3 is 10.3 Å². The minimum Gasteiger partial charge on any atom is -0.335 e. The molecule has 0 bridgehead atoms. The van der Waals surface area contributed by atoms with E-state index in [-0.39, 0.29) is 41.5 Å². The Hall–Kier alpha value is -1.92. The number of carbonyl (C=O) groups is 1. The van der Waals surface area contributed by atoms with E-state index < -0.39 is 9.84 Å². The van der Waals surface area contributed by atoms with Gasteiger partial charge >= 0.3 is 0 Å². The molecule has 1 aliphatic rings. The van der Waals surface area contributed by atoms with E-state index in [0.717, 1.165) is 0 Å². The lowest BCUT2D eigenvalue weighted by atomic mass is 10.2. The van der Waals surface area contributed by atoms with Crippen LogP contribution in [0, 0.1) is 11.3 Å². The molecule has 1 atom stereocenters. The van der Waals surface area contributed by atoms with Gasteiger partial charge in [-0.1, -0.05) is 0 Å². The SMILES string of the molecule is CN(CC(=O)Nc1nc[nH]c1C#N)C1CCS(=O)(=O)C1. The molecule has 0 aromatic carbocycles. The maximum absolute atomic E-state index is 11.8. The summed E-state index contributed by atoms with van der Waals surface area (Å²) in [6.45, 7) is 0.0535. The van der Waals surface area contributed by atoms with Crippen LogP contribution in [0.15, 0.2) is 6.33 Å². The molecule has 9 heteroatoms. The van der Waals surface area contributed by atoms with Crippen LogP contribution in [0.3, 0.4) is 0 Å². The molecule has 0 aliphatic carbocycles. The Labute approximate surface area is 116 Å². The van der Waals surface area contributed by atoms with Gasteiger partial charge in [0, 0.05) is 6.04 Å². The number of sulfone groups is 1. The summed E-state index contributed by atoms with van der Waals surface area (Å²) in [4.78, 5) is 20.0. The molecule has 1 aromatic rings. The highest BCUT2D eigenvalue weighted by Gasteiger charge is 2.31. The number of aromatic nitrogens is 2. The van der Waals surface area contributed by atoms with Gasteiger partial charge in [0.05, 0.1) is 24.4 Å². The number of H-pyrrole nitrogens is 1. The van der Waals surface area contributed by atoms with E-state index in [1.807, 2.05) is 6.07 Å². The highest BCUT2D eigenvalue weighted by molar-refractivity contribution is 7.91. The average Bonchev–Trinajstić information content (AvgIpc) is 2.95. The quantitative estimate of drug-likeness (QED) is 0.761. The number of nitrogens with zero attached hydrogens (tertiary/aromatic N) is 3. The molecule has 1 saturated heterocycles. The van der Waals surface area contributed by atoms with Crippen molar-refractivity contribution in [3.8, 4) is 6.07 Å². The van der Waals surface area contributed by atoms with Gasteiger partial charge in [0.1, 0.15) is 6.07 Å². The van der Waals surface area contributed by atoms with Crippen LogP contribution in [-0.4, -0.2) is 60.3 Å². The van der Waals surface area contributed by atoms with Crippen LogP contribution in [0.25, 0.3) is 0 Å². The number of hydrogen-bond donors (Lipinski definition) is 2. The fourth-order valence-corrected chi connectivity index (χ4v) is 3.93. The van der Waals surface area contributed by atoms with Gasteiger partial charge in [-0.15, -0.1) is 0 Å². The minimum atomic E-state index is -2.97. The van der Waals surface area contributed by atoms with Crippen LogP contribution < -0.4 is 5.32 Å². The first-order valence-electron chi connectivity index (χ1n) is 6.05. The third-order valence-corrected chi connectivity index (χ3v) is 4.98. The van der Waals surface area contributed by atoms with E-state index in [9.17, 15) is 13.2 Å². The Morgan fingerprint density at radius 2 is 2.45 bits per heavy atom. The van der Waals surface area contributed by atoms with E-state index in [0.29, 0.717) is 6.42 Å². The molecule has 8 nitrogen and oxygen atoms in total. The number of carbonyl (C=O) groups excluding carboxylic acids is 1. The smallest absolute Gasteiger partial charge is 0.239 e. The van der Waals surface area contributed by atoms with Crippen molar-refractivity contribution in [2.24, 2.45) is 0 Å². The van der Waals surface area contributed by atoms with Gasteiger partial charge in [-0.2, -0.15) is 5.26 Å². The third kappa shape index (κ3) is 3.34. The second kappa shape index (κ2) is 5.60. The number of anilines is 1. The molecule has 2 N–H and O–H groups in total. The summed E-state index contributed by atoms with van der Waals surface area (Å²) >= 11 is 0. The average molecular weight is 297 g/mol. The molecule has 1 unspecified atom stereocenters. The predicted molar refractivity (Wildman–Crippen MR) is 71.6 cm³/mol. The monoisotopic (exact) mass is 297 g/mol. The van der Waals surface area contributed by atoms with Crippen LogP contribution in [0.1, 0.15) is 12.1 Å². The second-order valence-corrected chi connectivity index (χ2v) is 6.99. The lowest BCUT2D eigenvalue weighted by molar-refractivity contribution is -0.117. The molecule has 1 aromatic heterocycles. The number of amides is 1. The van der Waals surface area contributed by atoms with Gasteiger partial charge in [0.15, 0.2) is 21.3 Å². The lowest BCUT2D eigenvalue weighted by Gasteiger charge is -2.21. The molecule has 1 aliphatic heterocycles. The number of nitrogens with one attached hydrogen (secondary N) is 2. The number of rotatable bonds is 4. The third-order valence-electron chi connectivity index (χ3n) is 3.23. The van der Waals surface area contributed by atoms with Crippen LogP contribution in [0.5, 0.6) is 0 Å². The Bertz CT molecular complexity index is 645. The second-order valence-electron chi connectivity index (χ2n) is 4.76. The highest BCUT2D eigenvalue weighted by atomic mass is 32.2. The maximum atomic E-state index is 11.8. The van der Waals surface area contributed by atoms with Gasteiger partial charge in [0.25, 0.3) is 0 Å². The van der Waals surface area contributed by atoms with Crippen molar-refractivity contribution >= 4 is 21.6 Å². The van der Waals surface area contributed by atoms with Crippen molar-refractivity contribution in [1.29, 1.82) is 5.26 Å². The zero-order valence-corrected chi connectivity index (χ0v) is 11.8. The van der Waals surface area contributed by atoms with Crippen LogP contribution in [0.4, 0.5) is 5.82 Å². The molecule has 20 heavy (non-hydrogen) atoms. The summed E-state index contributed by atoms with van der Waals surface area (Å²) in [6.07, 6.45) is 1.86. The number of nitriles is 1. The van der Waals surface area contributed by atoms with E-state index in [1.54, 1.807) is 11.9 Å². The molecule has 0 radical (unpaired) electrons. The zero-order chi connectivity index (χ0) is 14.8. The zero-order valence-electron chi connectivity index (χ0n) is 11.0. The first kappa shape index (κ1) is 14.5. The summed E-state index contributed by atoms with van der Waals surface area (Å²) in [6, 6.07) is 1.74. The van der Waals surface area contributed by atoms with E-state index in [2.05, 4.69) is 15.3 Å². The van der Waals surface area contributed by atoms with Crippen molar-refractivity contribution in [3.63, 3.8) is 0 Å². The van der Waals surface area contributed by atoms with Crippen molar-refractivity contribution < 1.29 is 13.2 Å². The molecule has 2 heterocycles. The summed E-state index contributed by atoms with van der Waals surface area (Å²) in [5.74, 6) is 0.106. The molecule has 108 valence electrons. The normalized spacial score (nSPS) is 20.8. The number of likely N-dealkylation sites (N-methyl/N-ethyl adjacent to an activating group) is 1. The van der Waals surface area contributed by atoms with Gasteiger partial charge in [-0.25, -0.2) is 13.4 Å². The Balaban J connectivity index is 1.91. The van der Waals surface area contributed by atoms with Crippen molar-refractivity contribution in [1.82, 2.24) is 14.9 Å². The molecular formula is C11H15N5O3S. The van der Waals surface area contributed by atoms with E-state index in [4.69, 9.17) is 5.26 Å². The standard InChI is InChI=1S/C11H15N5O3S/c1-16(8-2-3-20(18,19)6-8)5-10(17)15-11-9(4-12)13-7-14-11/h7-8H,2-3,5-6H2,1H3,(H,13,14)(H,15,17). The van der Waals surface area contributed by atoms with Crippen LogP contribution in [-0.2, 0) is 14.6 Å². The van der Waals surface area contributed by atoms with Gasteiger partial charge in [-0.3, -0.25) is 9.69 Å². The fourth-order valence-electron chi connectivity index (χ4n) is 2.12. The number of aromatic amines is 1. The van der Waals surface area contributed by atoms with Crippen LogP contribution in [0.2, 0.25) is 0 Å². The Kier molecular flexibility index (Phi) is 4.06. The fraction of sp³-hybridized carbons (Fsp3) is 0.545. The summed E-state index contributed by atoms with van der Waals surface area (Å²) in [5, 5.41) is 11.3. The molecule has 0 spiro atoms. The lowest BCUT2D eigenvalue weighted by Crippen LogP contribution is -2.38. The molecule has 0 saturated carbocycles. The summed E-state index contributed by atoms with van der Waals surface area (Å²) in [5.41, 5.74) is 0.185. The number of hydrogen-bond acceptors (Lipinski definition) is 6. The number of imidazole rings is 1. The molecular weight excluding hydrogens is 282 g/mol. The van der Waals surface area contributed by atoms with Crippen LogP contribution >= 0.6 is 0 Å². The molecule has 1 amide bonds. The van der Waals surface area contributed by atoms with E-state index in [1.165, 1.54) is 6.33 Å². The molecule has 2 rings (SSSR count). The summed E-state index contributed by atoms with van der Waals surface area (Å²) < 4.78 is 22.8. The Morgan fingerprint density at radius 1 is 1.70 bits per heavy atom. The largest absolute Gasteiger partial charge is 0.335 e. The van der Waals surface area contributed by atoms with Gasteiger partial charge in [-0.05, 0) is 13.5 Å². The van der Waals surface area contributed by atoms with Crippen molar-refractivity contribution in [2.45, 2.75) is 12.5 Å². The maximum Gasteiger partial charge on any atom is 0.239 e. The van der Waals surface area contributed by atoms with Crippen molar-refractivity contribution in [3.05, 3.63) is 12.0 Å². The minimum absolute atomic E-state index is 0.0535. The first-order valence-corrected chi connectivity index (χ1v) is 7.87. The predicted octanol–water partition coefficient (Wildman–Crippen LogP) is -0.661.